The normalized spacial score (nSPS) is 10.5. The number of carbonyl (C=O) groups excluding carboxylic acids is 1. The second kappa shape index (κ2) is 6.90. The molecule has 7 heteroatoms. The van der Waals surface area contributed by atoms with E-state index in [9.17, 15) is 14.9 Å². The third-order valence-electron chi connectivity index (χ3n) is 2.59. The van der Waals surface area contributed by atoms with Crippen molar-refractivity contribution in [2.75, 3.05) is 0 Å². The van der Waals surface area contributed by atoms with Crippen molar-refractivity contribution < 1.29 is 9.72 Å². The van der Waals surface area contributed by atoms with Gasteiger partial charge in [-0.05, 0) is 29.3 Å². The van der Waals surface area contributed by atoms with E-state index < -0.39 is 4.92 Å². The highest BCUT2D eigenvalue weighted by atomic mass is 16.6. The van der Waals surface area contributed by atoms with Gasteiger partial charge < -0.3 is 0 Å². The molecule has 0 radical (unpaired) electrons. The molecule has 106 valence electrons. The fourth-order valence-corrected chi connectivity index (χ4v) is 1.59. The summed E-state index contributed by atoms with van der Waals surface area (Å²) in [6.07, 6.45) is 4.85. The van der Waals surface area contributed by atoms with Gasteiger partial charge in [0.1, 0.15) is 0 Å². The van der Waals surface area contributed by atoms with Crippen LogP contribution in [0.15, 0.2) is 53.9 Å². The van der Waals surface area contributed by atoms with Crippen molar-refractivity contribution in [3.63, 3.8) is 0 Å². The van der Waals surface area contributed by atoms with Gasteiger partial charge >= 0.3 is 0 Å². The number of pyridine rings is 1. The summed E-state index contributed by atoms with van der Waals surface area (Å²) in [6.45, 7) is 0. The number of nitrogens with one attached hydrogen (secondary N) is 1. The number of carbonyl (C=O) groups is 1. The second-order valence-electron chi connectivity index (χ2n) is 4.18. The van der Waals surface area contributed by atoms with E-state index in [2.05, 4.69) is 15.5 Å². The van der Waals surface area contributed by atoms with Crippen LogP contribution in [-0.4, -0.2) is 22.0 Å². The zero-order valence-corrected chi connectivity index (χ0v) is 11.0. The van der Waals surface area contributed by atoms with Crippen molar-refractivity contribution in [1.82, 2.24) is 10.4 Å². The van der Waals surface area contributed by atoms with E-state index in [-0.39, 0.29) is 18.0 Å². The Morgan fingerprint density at radius 3 is 2.71 bits per heavy atom. The topological polar surface area (TPSA) is 97.5 Å². The lowest BCUT2D eigenvalue weighted by Gasteiger charge is -1.99. The van der Waals surface area contributed by atoms with Crippen LogP contribution in [0.2, 0.25) is 0 Å². The number of hydrogen-bond acceptors (Lipinski definition) is 5. The molecular weight excluding hydrogens is 272 g/mol. The predicted molar refractivity (Wildman–Crippen MR) is 76.8 cm³/mol. The molecule has 0 fully saturated rings. The molecule has 1 aromatic carbocycles. The lowest BCUT2D eigenvalue weighted by molar-refractivity contribution is -0.384. The molecule has 21 heavy (non-hydrogen) atoms. The molecule has 0 spiro atoms. The van der Waals surface area contributed by atoms with Crippen LogP contribution in [0, 0.1) is 10.1 Å². The summed E-state index contributed by atoms with van der Waals surface area (Å²) in [4.78, 5) is 25.5. The SMILES string of the molecule is O=C(Cc1cccnc1)NN=Cc1ccc([N+](=O)[O-])cc1. The lowest BCUT2D eigenvalue weighted by atomic mass is 10.2. The molecule has 2 rings (SSSR count). The van der Waals surface area contributed by atoms with Gasteiger partial charge in [-0.15, -0.1) is 0 Å². The largest absolute Gasteiger partial charge is 0.273 e. The first kappa shape index (κ1) is 14.3. The molecule has 0 aliphatic heterocycles. The smallest absolute Gasteiger partial charge is 0.269 e. The zero-order valence-electron chi connectivity index (χ0n) is 11.0. The van der Waals surface area contributed by atoms with Crippen molar-refractivity contribution in [2.24, 2.45) is 5.10 Å². The molecule has 0 aliphatic rings. The highest BCUT2D eigenvalue weighted by Gasteiger charge is 2.03. The van der Waals surface area contributed by atoms with E-state index in [1.807, 2.05) is 0 Å². The van der Waals surface area contributed by atoms with Gasteiger partial charge in [-0.3, -0.25) is 19.9 Å². The number of benzene rings is 1. The van der Waals surface area contributed by atoms with Crippen molar-refractivity contribution in [3.05, 3.63) is 70.0 Å². The third kappa shape index (κ3) is 4.50. The Balaban J connectivity index is 1.87. The molecule has 1 heterocycles. The molecule has 1 amide bonds. The van der Waals surface area contributed by atoms with E-state index in [1.54, 1.807) is 36.7 Å². The molecule has 1 aromatic heterocycles. The Morgan fingerprint density at radius 2 is 2.10 bits per heavy atom. The summed E-state index contributed by atoms with van der Waals surface area (Å²) < 4.78 is 0. The van der Waals surface area contributed by atoms with Gasteiger partial charge in [-0.2, -0.15) is 5.10 Å². The van der Waals surface area contributed by atoms with Gasteiger partial charge in [-0.25, -0.2) is 5.43 Å². The van der Waals surface area contributed by atoms with E-state index in [4.69, 9.17) is 0 Å². The van der Waals surface area contributed by atoms with Crippen LogP contribution in [0.25, 0.3) is 0 Å². The highest BCUT2D eigenvalue weighted by Crippen LogP contribution is 2.10. The molecule has 0 bridgehead atoms. The number of nitro benzene ring substituents is 1. The third-order valence-corrected chi connectivity index (χ3v) is 2.59. The summed E-state index contributed by atoms with van der Waals surface area (Å²) >= 11 is 0. The number of nitro groups is 1. The van der Waals surface area contributed by atoms with Crippen LogP contribution in [0.4, 0.5) is 5.69 Å². The van der Waals surface area contributed by atoms with E-state index in [0.29, 0.717) is 5.56 Å². The first-order valence-electron chi connectivity index (χ1n) is 6.10. The fraction of sp³-hybridized carbons (Fsp3) is 0.0714. The number of hydrazone groups is 1. The average molecular weight is 284 g/mol. The fourth-order valence-electron chi connectivity index (χ4n) is 1.59. The van der Waals surface area contributed by atoms with Crippen LogP contribution in [-0.2, 0) is 11.2 Å². The zero-order chi connectivity index (χ0) is 15.1. The number of non-ortho nitro benzene ring substituents is 1. The van der Waals surface area contributed by atoms with Gasteiger partial charge in [-0.1, -0.05) is 6.07 Å². The molecule has 0 atom stereocenters. The summed E-state index contributed by atoms with van der Waals surface area (Å²) in [5, 5.41) is 14.3. The van der Waals surface area contributed by atoms with Crippen LogP contribution < -0.4 is 5.43 Å². The van der Waals surface area contributed by atoms with E-state index in [0.717, 1.165) is 5.56 Å². The van der Waals surface area contributed by atoms with Gasteiger partial charge in [0.15, 0.2) is 0 Å². The van der Waals surface area contributed by atoms with Crippen molar-refractivity contribution in [3.8, 4) is 0 Å². The molecule has 0 aliphatic carbocycles. The van der Waals surface area contributed by atoms with Crippen molar-refractivity contribution in [1.29, 1.82) is 0 Å². The Labute approximate surface area is 120 Å². The quantitative estimate of drug-likeness (QED) is 0.513. The molecule has 0 saturated carbocycles. The standard InChI is InChI=1S/C14H12N4O3/c19-14(8-12-2-1-7-15-9-12)17-16-10-11-3-5-13(6-4-11)18(20)21/h1-7,9-10H,8H2,(H,17,19). The van der Waals surface area contributed by atoms with E-state index in [1.165, 1.54) is 18.3 Å². The summed E-state index contributed by atoms with van der Waals surface area (Å²) in [5.41, 5.74) is 3.84. The summed E-state index contributed by atoms with van der Waals surface area (Å²) in [6, 6.07) is 9.40. The Bertz CT molecular complexity index is 654. The maximum absolute atomic E-state index is 11.6. The van der Waals surface area contributed by atoms with Gasteiger partial charge in [0.2, 0.25) is 5.91 Å². The maximum atomic E-state index is 11.6. The minimum atomic E-state index is -0.476. The number of aromatic nitrogens is 1. The first-order chi connectivity index (χ1) is 10.1. The van der Waals surface area contributed by atoms with Crippen LogP contribution in [0.5, 0.6) is 0 Å². The molecule has 7 nitrogen and oxygen atoms in total. The Morgan fingerprint density at radius 1 is 1.33 bits per heavy atom. The van der Waals surface area contributed by atoms with Crippen LogP contribution in [0.1, 0.15) is 11.1 Å². The number of rotatable bonds is 5. The summed E-state index contributed by atoms with van der Waals surface area (Å²) in [5.74, 6) is -0.263. The summed E-state index contributed by atoms with van der Waals surface area (Å²) in [7, 11) is 0. The number of amides is 1. The first-order valence-corrected chi connectivity index (χ1v) is 6.10. The average Bonchev–Trinajstić information content (AvgIpc) is 2.49. The monoisotopic (exact) mass is 284 g/mol. The minimum Gasteiger partial charge on any atom is -0.273 e. The van der Waals surface area contributed by atoms with Crippen molar-refractivity contribution in [2.45, 2.75) is 6.42 Å². The van der Waals surface area contributed by atoms with Gasteiger partial charge in [0.25, 0.3) is 5.69 Å². The number of hydrogen-bond donors (Lipinski definition) is 1. The Kier molecular flexibility index (Phi) is 4.70. The second-order valence-corrected chi connectivity index (χ2v) is 4.18. The van der Waals surface area contributed by atoms with Crippen molar-refractivity contribution >= 4 is 17.8 Å². The molecule has 1 N–H and O–H groups in total. The Hall–Kier alpha value is -3.09. The highest BCUT2D eigenvalue weighted by molar-refractivity contribution is 5.83. The molecule has 0 saturated heterocycles. The number of nitrogens with zero attached hydrogens (tertiary/aromatic N) is 3. The predicted octanol–water partition coefficient (Wildman–Crippen LogP) is 1.68. The van der Waals surface area contributed by atoms with Gasteiger partial charge in [0, 0.05) is 24.5 Å². The van der Waals surface area contributed by atoms with Crippen LogP contribution in [0.3, 0.4) is 0 Å². The van der Waals surface area contributed by atoms with E-state index >= 15 is 0 Å². The molecule has 2 aromatic rings. The maximum Gasteiger partial charge on any atom is 0.269 e. The minimum absolute atomic E-state index is 0.00719. The molecular formula is C14H12N4O3. The van der Waals surface area contributed by atoms with Crippen LogP contribution >= 0.6 is 0 Å². The molecule has 0 unspecified atom stereocenters. The lowest BCUT2D eigenvalue weighted by Crippen LogP contribution is -2.19. The van der Waals surface area contributed by atoms with Gasteiger partial charge in [0.05, 0.1) is 17.6 Å².